The Bertz CT molecular complexity index is 260. The van der Waals surface area contributed by atoms with Crippen LogP contribution in [0.2, 0.25) is 0 Å². The normalized spacial score (nSPS) is 38.3. The summed E-state index contributed by atoms with van der Waals surface area (Å²) in [6.07, 6.45) is 3.80. The number of hydrogen-bond acceptors (Lipinski definition) is 3. The standard InChI is InChI=1S/C12H20O3/c1-4-5-6-8-7-9(13)11-10(8)14-12(2,3)15-11/h8,10-11H,4-7H2,1-3H3/t8-,10-,11-/m1/s1. The first kappa shape index (κ1) is 11.1. The zero-order valence-electron chi connectivity index (χ0n) is 9.79. The fourth-order valence-electron chi connectivity index (χ4n) is 2.61. The summed E-state index contributed by atoms with van der Waals surface area (Å²) in [7, 11) is 0. The number of Topliss-reactive ketones (excluding diaryl/α,β-unsaturated/α-hetero) is 1. The van der Waals surface area contributed by atoms with Gasteiger partial charge in [-0.1, -0.05) is 19.8 Å². The van der Waals surface area contributed by atoms with Crippen molar-refractivity contribution in [3.63, 3.8) is 0 Å². The zero-order valence-corrected chi connectivity index (χ0v) is 9.79. The molecule has 3 nitrogen and oxygen atoms in total. The van der Waals surface area contributed by atoms with Gasteiger partial charge in [0.25, 0.3) is 0 Å². The van der Waals surface area contributed by atoms with Crippen molar-refractivity contribution in [3.8, 4) is 0 Å². The Morgan fingerprint density at radius 3 is 2.80 bits per heavy atom. The number of carbonyl (C=O) groups is 1. The third-order valence-corrected chi connectivity index (χ3v) is 3.30. The van der Waals surface area contributed by atoms with Gasteiger partial charge >= 0.3 is 0 Å². The van der Waals surface area contributed by atoms with E-state index < -0.39 is 5.79 Å². The van der Waals surface area contributed by atoms with E-state index >= 15 is 0 Å². The fourth-order valence-corrected chi connectivity index (χ4v) is 2.61. The molecule has 0 N–H and O–H groups in total. The van der Waals surface area contributed by atoms with Crippen molar-refractivity contribution in [1.82, 2.24) is 0 Å². The number of carbonyl (C=O) groups excluding carboxylic acids is 1. The third-order valence-electron chi connectivity index (χ3n) is 3.30. The lowest BCUT2D eigenvalue weighted by Gasteiger charge is -2.21. The molecule has 0 amide bonds. The van der Waals surface area contributed by atoms with Gasteiger partial charge in [-0.3, -0.25) is 4.79 Å². The van der Waals surface area contributed by atoms with Gasteiger partial charge in [-0.2, -0.15) is 0 Å². The molecule has 0 aromatic rings. The minimum absolute atomic E-state index is 0.0130. The van der Waals surface area contributed by atoms with E-state index in [0.29, 0.717) is 12.3 Å². The number of ketones is 1. The third kappa shape index (κ3) is 2.08. The molecular formula is C12H20O3. The van der Waals surface area contributed by atoms with Gasteiger partial charge in [-0.15, -0.1) is 0 Å². The van der Waals surface area contributed by atoms with Crippen molar-refractivity contribution in [3.05, 3.63) is 0 Å². The first-order valence-corrected chi connectivity index (χ1v) is 5.92. The smallest absolute Gasteiger partial charge is 0.164 e. The van der Waals surface area contributed by atoms with Crippen LogP contribution in [0.5, 0.6) is 0 Å². The van der Waals surface area contributed by atoms with Crippen LogP contribution in [-0.2, 0) is 14.3 Å². The van der Waals surface area contributed by atoms with Gasteiger partial charge in [0.05, 0.1) is 6.10 Å². The van der Waals surface area contributed by atoms with Crippen molar-refractivity contribution >= 4 is 5.78 Å². The molecule has 1 saturated heterocycles. The molecule has 0 spiro atoms. The van der Waals surface area contributed by atoms with E-state index in [9.17, 15) is 4.79 Å². The van der Waals surface area contributed by atoms with E-state index in [1.807, 2.05) is 13.8 Å². The first-order chi connectivity index (χ1) is 7.03. The summed E-state index contributed by atoms with van der Waals surface area (Å²) in [5, 5.41) is 0. The lowest BCUT2D eigenvalue weighted by Crippen LogP contribution is -2.25. The summed E-state index contributed by atoms with van der Waals surface area (Å²) in [6, 6.07) is 0. The molecule has 3 heteroatoms. The minimum Gasteiger partial charge on any atom is -0.344 e. The van der Waals surface area contributed by atoms with E-state index in [1.165, 1.54) is 12.8 Å². The molecular weight excluding hydrogens is 192 g/mol. The summed E-state index contributed by atoms with van der Waals surface area (Å²) in [4.78, 5) is 11.7. The zero-order chi connectivity index (χ0) is 11.1. The van der Waals surface area contributed by atoms with E-state index in [4.69, 9.17) is 9.47 Å². The van der Waals surface area contributed by atoms with E-state index in [1.54, 1.807) is 0 Å². The van der Waals surface area contributed by atoms with Gasteiger partial charge < -0.3 is 9.47 Å². The largest absolute Gasteiger partial charge is 0.344 e. The van der Waals surface area contributed by atoms with Crippen LogP contribution in [0.4, 0.5) is 0 Å². The van der Waals surface area contributed by atoms with Gasteiger partial charge in [0.15, 0.2) is 11.6 Å². The van der Waals surface area contributed by atoms with Crippen LogP contribution >= 0.6 is 0 Å². The Hall–Kier alpha value is -0.410. The van der Waals surface area contributed by atoms with Crippen LogP contribution < -0.4 is 0 Å². The van der Waals surface area contributed by atoms with Crippen LogP contribution in [0.25, 0.3) is 0 Å². The lowest BCUT2D eigenvalue weighted by molar-refractivity contribution is -0.163. The van der Waals surface area contributed by atoms with E-state index in [2.05, 4.69) is 6.92 Å². The second kappa shape index (κ2) is 3.87. The van der Waals surface area contributed by atoms with E-state index in [0.717, 1.165) is 6.42 Å². The maximum Gasteiger partial charge on any atom is 0.164 e. The molecule has 1 saturated carbocycles. The van der Waals surface area contributed by atoms with Gasteiger partial charge in [-0.05, 0) is 26.2 Å². The molecule has 2 fully saturated rings. The molecule has 2 aliphatic rings. The molecule has 86 valence electrons. The van der Waals surface area contributed by atoms with E-state index in [-0.39, 0.29) is 18.0 Å². The molecule has 0 aromatic heterocycles. The highest BCUT2D eigenvalue weighted by molar-refractivity contribution is 5.86. The van der Waals surface area contributed by atoms with Crippen molar-refractivity contribution in [2.24, 2.45) is 5.92 Å². The number of unbranched alkanes of at least 4 members (excludes halogenated alkanes) is 1. The highest BCUT2D eigenvalue weighted by Gasteiger charge is 2.53. The van der Waals surface area contributed by atoms with Crippen molar-refractivity contribution < 1.29 is 14.3 Å². The molecule has 2 rings (SSSR count). The van der Waals surface area contributed by atoms with Crippen LogP contribution in [-0.4, -0.2) is 23.8 Å². The van der Waals surface area contributed by atoms with Crippen molar-refractivity contribution in [1.29, 1.82) is 0 Å². The average Bonchev–Trinajstić information content (AvgIpc) is 2.60. The molecule has 15 heavy (non-hydrogen) atoms. The summed E-state index contributed by atoms with van der Waals surface area (Å²) < 4.78 is 11.4. The maximum atomic E-state index is 11.7. The predicted octanol–water partition coefficient (Wildman–Crippen LogP) is 2.29. The average molecular weight is 212 g/mol. The lowest BCUT2D eigenvalue weighted by atomic mass is 9.98. The predicted molar refractivity (Wildman–Crippen MR) is 56.5 cm³/mol. The Labute approximate surface area is 91.1 Å². The fraction of sp³-hybridized carbons (Fsp3) is 0.917. The second-order valence-corrected chi connectivity index (χ2v) is 5.09. The summed E-state index contributed by atoms with van der Waals surface area (Å²) >= 11 is 0. The van der Waals surface area contributed by atoms with Gasteiger partial charge in [0.2, 0.25) is 0 Å². The maximum absolute atomic E-state index is 11.7. The number of hydrogen-bond donors (Lipinski definition) is 0. The Kier molecular flexibility index (Phi) is 2.86. The Morgan fingerprint density at radius 2 is 2.13 bits per heavy atom. The first-order valence-electron chi connectivity index (χ1n) is 5.92. The quantitative estimate of drug-likeness (QED) is 0.720. The SMILES string of the molecule is CCCC[C@@H]1CC(=O)[C@H]2OC(C)(C)O[C@H]12. The van der Waals surface area contributed by atoms with Gasteiger partial charge in [-0.25, -0.2) is 0 Å². The number of ether oxygens (including phenoxy) is 2. The van der Waals surface area contributed by atoms with Crippen LogP contribution in [0, 0.1) is 5.92 Å². The Morgan fingerprint density at radius 1 is 1.40 bits per heavy atom. The molecule has 3 atom stereocenters. The molecule has 0 bridgehead atoms. The number of fused-ring (bicyclic) bond motifs is 1. The molecule has 0 unspecified atom stereocenters. The molecule has 0 radical (unpaired) electrons. The van der Waals surface area contributed by atoms with Crippen molar-refractivity contribution in [2.45, 2.75) is 64.4 Å². The Balaban J connectivity index is 2.02. The molecule has 1 aliphatic heterocycles. The van der Waals surface area contributed by atoms with Gasteiger partial charge in [0, 0.05) is 6.42 Å². The molecule has 1 aliphatic carbocycles. The van der Waals surface area contributed by atoms with Gasteiger partial charge in [0.1, 0.15) is 6.10 Å². The minimum atomic E-state index is -0.574. The molecule has 1 heterocycles. The summed E-state index contributed by atoms with van der Waals surface area (Å²) in [6.45, 7) is 5.94. The highest BCUT2D eigenvalue weighted by Crippen LogP contribution is 2.41. The summed E-state index contributed by atoms with van der Waals surface area (Å²) in [5.41, 5.74) is 0. The van der Waals surface area contributed by atoms with Crippen LogP contribution in [0.3, 0.4) is 0 Å². The topological polar surface area (TPSA) is 35.5 Å². The monoisotopic (exact) mass is 212 g/mol. The van der Waals surface area contributed by atoms with Crippen LogP contribution in [0.1, 0.15) is 46.5 Å². The molecule has 0 aromatic carbocycles. The van der Waals surface area contributed by atoms with Crippen molar-refractivity contribution in [2.75, 3.05) is 0 Å². The van der Waals surface area contributed by atoms with Crippen LogP contribution in [0.15, 0.2) is 0 Å². The highest BCUT2D eigenvalue weighted by atomic mass is 16.8. The second-order valence-electron chi connectivity index (χ2n) is 5.09. The number of rotatable bonds is 3. The summed E-state index contributed by atoms with van der Waals surface area (Å²) in [5.74, 6) is 0.0338.